The Morgan fingerprint density at radius 2 is 1.90 bits per heavy atom. The van der Waals surface area contributed by atoms with Crippen molar-refractivity contribution in [3.8, 4) is 5.75 Å². The van der Waals surface area contributed by atoms with Gasteiger partial charge in [-0.3, -0.25) is 10.1 Å². The first-order valence-corrected chi connectivity index (χ1v) is 10.4. The highest BCUT2D eigenvalue weighted by molar-refractivity contribution is 6.03. The van der Waals surface area contributed by atoms with Crippen LogP contribution < -0.4 is 10.1 Å². The van der Waals surface area contributed by atoms with Crippen LogP contribution in [0.5, 0.6) is 5.75 Å². The zero-order valence-corrected chi connectivity index (χ0v) is 18.8. The fourth-order valence-corrected chi connectivity index (χ4v) is 2.99. The van der Waals surface area contributed by atoms with E-state index in [1.54, 1.807) is 52.0 Å². The molecule has 1 heterocycles. The number of hydrogen-bond donors (Lipinski definition) is 1. The van der Waals surface area contributed by atoms with Crippen molar-refractivity contribution in [3.63, 3.8) is 0 Å². The van der Waals surface area contributed by atoms with E-state index in [4.69, 9.17) is 14.2 Å². The molecular weight excluding hydrogens is 398 g/mol. The molecule has 168 valence electrons. The number of hydrogen-bond acceptors (Lipinski definition) is 6. The Hall–Kier alpha value is -3.09. The molecule has 1 aromatic rings. The maximum Gasteiger partial charge on any atom is 0.412 e. The predicted molar refractivity (Wildman–Crippen MR) is 119 cm³/mol. The second-order valence-corrected chi connectivity index (χ2v) is 8.38. The van der Waals surface area contributed by atoms with Crippen molar-refractivity contribution in [3.05, 3.63) is 41.5 Å². The van der Waals surface area contributed by atoms with E-state index >= 15 is 0 Å². The molecule has 0 saturated carbocycles. The van der Waals surface area contributed by atoms with Gasteiger partial charge in [0.2, 0.25) is 0 Å². The number of benzene rings is 1. The Labute approximate surface area is 183 Å². The quantitative estimate of drug-likeness (QED) is 0.642. The molecule has 0 bridgehead atoms. The summed E-state index contributed by atoms with van der Waals surface area (Å²) >= 11 is 0. The van der Waals surface area contributed by atoms with Crippen LogP contribution in [0.15, 0.2) is 30.4 Å². The zero-order chi connectivity index (χ0) is 23.0. The molecule has 31 heavy (non-hydrogen) atoms. The summed E-state index contributed by atoms with van der Waals surface area (Å²) < 4.78 is 16.3. The molecule has 0 saturated heterocycles. The van der Waals surface area contributed by atoms with Crippen LogP contribution in [0.3, 0.4) is 0 Å². The van der Waals surface area contributed by atoms with Gasteiger partial charge in [-0.05, 0) is 58.2 Å². The van der Waals surface area contributed by atoms with Crippen LogP contribution >= 0.6 is 0 Å². The highest BCUT2D eigenvalue weighted by atomic mass is 16.6. The molecule has 1 amide bonds. The van der Waals surface area contributed by atoms with Gasteiger partial charge in [-0.2, -0.15) is 0 Å². The fourth-order valence-electron chi connectivity index (χ4n) is 2.99. The highest BCUT2D eigenvalue weighted by Crippen LogP contribution is 2.30. The summed E-state index contributed by atoms with van der Waals surface area (Å²) in [6.45, 7) is 7.01. The molecule has 7 nitrogen and oxygen atoms in total. The third-order valence-electron chi connectivity index (χ3n) is 4.39. The van der Waals surface area contributed by atoms with Gasteiger partial charge in [-0.25, -0.2) is 9.59 Å². The van der Waals surface area contributed by atoms with Crippen LogP contribution in [0.2, 0.25) is 0 Å². The maximum absolute atomic E-state index is 13.1. The Morgan fingerprint density at radius 3 is 2.58 bits per heavy atom. The first-order valence-electron chi connectivity index (χ1n) is 10.4. The summed E-state index contributed by atoms with van der Waals surface area (Å²) in [6.07, 6.45) is 7.99. The lowest BCUT2D eigenvalue weighted by atomic mass is 10.0. The monoisotopic (exact) mass is 429 g/mol. The van der Waals surface area contributed by atoms with Crippen molar-refractivity contribution in [2.45, 2.75) is 65.1 Å². The van der Waals surface area contributed by atoms with Crippen molar-refractivity contribution >= 4 is 29.6 Å². The van der Waals surface area contributed by atoms with Gasteiger partial charge in [0.15, 0.2) is 5.78 Å². The van der Waals surface area contributed by atoms with Crippen LogP contribution in [0.1, 0.15) is 69.3 Å². The summed E-state index contributed by atoms with van der Waals surface area (Å²) in [7, 11) is 1.50. The summed E-state index contributed by atoms with van der Waals surface area (Å²) in [5.74, 6) is -0.0675. The predicted octanol–water partition coefficient (Wildman–Crippen LogP) is 5.30. The Kier molecular flexibility index (Phi) is 8.42. The summed E-state index contributed by atoms with van der Waals surface area (Å²) in [6, 6.07) is 3.26. The summed E-state index contributed by atoms with van der Waals surface area (Å²) in [4.78, 5) is 37.3. The lowest BCUT2D eigenvalue weighted by Gasteiger charge is -2.21. The molecule has 7 heteroatoms. The minimum absolute atomic E-state index is 0.0508. The molecule has 1 N–H and O–H groups in total. The smallest absolute Gasteiger partial charge is 0.412 e. The van der Waals surface area contributed by atoms with Crippen molar-refractivity contribution < 1.29 is 28.6 Å². The van der Waals surface area contributed by atoms with Crippen molar-refractivity contribution in [1.82, 2.24) is 0 Å². The number of amides is 1. The number of ketones is 1. The standard InChI is InChI=1S/C24H31NO6/c1-16-10-9-13-18(26)12-8-6-7-11-17-14-19(29-5)15-20(21(17)22(27)30-16)25-23(28)31-24(2,3)4/h7,9,11,13-16H,6,8,10,12H2,1-5H3,(H,25,28)/b11-7+,13-9-/t16-/m0/s1. The van der Waals surface area contributed by atoms with Gasteiger partial charge in [0.25, 0.3) is 0 Å². The van der Waals surface area contributed by atoms with Gasteiger partial charge in [0, 0.05) is 18.9 Å². The average Bonchev–Trinajstić information content (AvgIpc) is 2.65. The number of fused-ring (bicyclic) bond motifs is 1. The van der Waals surface area contributed by atoms with Gasteiger partial charge >= 0.3 is 12.1 Å². The first-order chi connectivity index (χ1) is 14.6. The minimum atomic E-state index is -0.696. The van der Waals surface area contributed by atoms with Gasteiger partial charge in [0.1, 0.15) is 17.5 Å². The van der Waals surface area contributed by atoms with Crippen molar-refractivity contribution in [2.24, 2.45) is 0 Å². The molecule has 0 spiro atoms. The number of nitrogens with one attached hydrogen (secondary N) is 1. The molecule has 0 unspecified atom stereocenters. The maximum atomic E-state index is 13.1. The number of cyclic esters (lactones) is 1. The second-order valence-electron chi connectivity index (χ2n) is 8.38. The third kappa shape index (κ3) is 7.92. The van der Waals surface area contributed by atoms with E-state index < -0.39 is 23.8 Å². The highest BCUT2D eigenvalue weighted by Gasteiger charge is 2.24. The molecule has 1 atom stereocenters. The molecule has 2 rings (SSSR count). The van der Waals surface area contributed by atoms with Gasteiger partial charge in [-0.15, -0.1) is 0 Å². The van der Waals surface area contributed by atoms with Gasteiger partial charge in [-0.1, -0.05) is 18.2 Å². The molecule has 0 aliphatic carbocycles. The van der Waals surface area contributed by atoms with E-state index in [2.05, 4.69) is 5.32 Å². The van der Waals surface area contributed by atoms with Gasteiger partial charge in [0.05, 0.1) is 18.4 Å². The number of carbonyl (C=O) groups excluding carboxylic acids is 3. The van der Waals surface area contributed by atoms with Crippen LogP contribution in [0.4, 0.5) is 10.5 Å². The summed E-state index contributed by atoms with van der Waals surface area (Å²) in [5, 5.41) is 2.65. The SMILES string of the molecule is COc1cc2c(c(NC(=O)OC(C)(C)C)c1)C(=O)O[C@@H](C)C/C=C\C(=O)CCC/C=C/2. The number of carbonyl (C=O) groups is 3. The first kappa shape index (κ1) is 24.2. The Morgan fingerprint density at radius 1 is 1.16 bits per heavy atom. The number of anilines is 1. The average molecular weight is 430 g/mol. The van der Waals surface area contributed by atoms with Crippen LogP contribution in [0, 0.1) is 0 Å². The normalized spacial score (nSPS) is 20.0. The third-order valence-corrected chi connectivity index (χ3v) is 4.39. The topological polar surface area (TPSA) is 90.9 Å². The summed E-state index contributed by atoms with van der Waals surface area (Å²) in [5.41, 5.74) is 0.301. The number of methoxy groups -OCH3 is 1. The number of allylic oxidation sites excluding steroid dienone is 2. The van der Waals surface area contributed by atoms with E-state index in [0.717, 1.165) is 0 Å². The van der Waals surface area contributed by atoms with E-state index in [-0.39, 0.29) is 17.0 Å². The number of ether oxygens (including phenoxy) is 3. The number of esters is 1. The second kappa shape index (κ2) is 10.8. The Bertz CT molecular complexity index is 879. The van der Waals surface area contributed by atoms with E-state index in [0.29, 0.717) is 37.0 Å². The Balaban J connectivity index is 2.47. The van der Waals surface area contributed by atoms with Crippen molar-refractivity contribution in [2.75, 3.05) is 12.4 Å². The fraction of sp³-hybridized carbons (Fsp3) is 0.458. The lowest BCUT2D eigenvalue weighted by molar-refractivity contribution is -0.114. The van der Waals surface area contributed by atoms with Crippen LogP contribution in [0.25, 0.3) is 6.08 Å². The molecule has 0 radical (unpaired) electrons. The zero-order valence-electron chi connectivity index (χ0n) is 18.8. The molecule has 0 fully saturated rings. The molecular formula is C24H31NO6. The number of rotatable bonds is 2. The molecule has 1 aromatic carbocycles. The van der Waals surface area contributed by atoms with Crippen LogP contribution in [-0.4, -0.2) is 36.7 Å². The largest absolute Gasteiger partial charge is 0.497 e. The van der Waals surface area contributed by atoms with Crippen molar-refractivity contribution in [1.29, 1.82) is 0 Å². The van der Waals surface area contributed by atoms with E-state index in [1.165, 1.54) is 13.2 Å². The molecule has 0 aromatic heterocycles. The lowest BCUT2D eigenvalue weighted by Crippen LogP contribution is -2.28. The van der Waals surface area contributed by atoms with E-state index in [9.17, 15) is 14.4 Å². The van der Waals surface area contributed by atoms with E-state index in [1.807, 2.05) is 6.08 Å². The minimum Gasteiger partial charge on any atom is -0.497 e. The van der Waals surface area contributed by atoms with Gasteiger partial charge < -0.3 is 14.2 Å². The molecule has 1 aliphatic rings. The molecule has 1 aliphatic heterocycles. The van der Waals surface area contributed by atoms with Crippen LogP contribution in [-0.2, 0) is 14.3 Å².